The fourth-order valence-electron chi connectivity index (χ4n) is 2.33. The van der Waals surface area contributed by atoms with Crippen LogP contribution in [0, 0.1) is 6.92 Å². The van der Waals surface area contributed by atoms with Crippen LogP contribution >= 0.6 is 0 Å². The number of ether oxygens (including phenoxy) is 1. The highest BCUT2D eigenvalue weighted by Crippen LogP contribution is 2.34. The summed E-state index contributed by atoms with van der Waals surface area (Å²) in [4.78, 5) is 0. The molecular weight excluding hydrogens is 214 g/mol. The Morgan fingerprint density at radius 2 is 2.35 bits per heavy atom. The van der Waals surface area contributed by atoms with Crippen molar-refractivity contribution in [1.29, 1.82) is 0 Å². The number of aliphatic hydroxyl groups excluding tert-OH is 1. The van der Waals surface area contributed by atoms with Crippen molar-refractivity contribution >= 4 is 0 Å². The maximum atomic E-state index is 9.14. The van der Waals surface area contributed by atoms with Gasteiger partial charge < -0.3 is 15.2 Å². The van der Waals surface area contributed by atoms with Crippen molar-refractivity contribution in [3.05, 3.63) is 29.3 Å². The molecule has 3 heteroatoms. The highest BCUT2D eigenvalue weighted by atomic mass is 16.5. The van der Waals surface area contributed by atoms with E-state index >= 15 is 0 Å². The normalized spacial score (nSPS) is 21.2. The Morgan fingerprint density at radius 3 is 3.12 bits per heavy atom. The monoisotopic (exact) mass is 235 g/mol. The van der Waals surface area contributed by atoms with Crippen LogP contribution < -0.4 is 10.1 Å². The minimum absolute atomic E-state index is 0.117. The van der Waals surface area contributed by atoms with Gasteiger partial charge >= 0.3 is 0 Å². The Balaban J connectivity index is 2.27. The summed E-state index contributed by atoms with van der Waals surface area (Å²) in [7, 11) is 0. The van der Waals surface area contributed by atoms with Crippen molar-refractivity contribution < 1.29 is 9.84 Å². The fraction of sp³-hybridized carbons (Fsp3) is 0.571. The summed E-state index contributed by atoms with van der Waals surface area (Å²) in [5, 5.41) is 12.6. The molecule has 0 bridgehead atoms. The number of nitrogens with one attached hydrogen (secondary N) is 1. The lowest BCUT2D eigenvalue weighted by molar-refractivity contribution is 0.238. The number of hydrogen-bond acceptors (Lipinski definition) is 3. The maximum Gasteiger partial charge on any atom is 0.126 e. The van der Waals surface area contributed by atoms with Crippen molar-refractivity contribution in [3.63, 3.8) is 0 Å². The smallest absolute Gasteiger partial charge is 0.126 e. The van der Waals surface area contributed by atoms with E-state index in [-0.39, 0.29) is 18.7 Å². The second-order valence-electron chi connectivity index (χ2n) is 4.79. The molecule has 94 valence electrons. The second kappa shape index (κ2) is 5.52. The van der Waals surface area contributed by atoms with E-state index < -0.39 is 0 Å². The molecule has 3 nitrogen and oxygen atoms in total. The van der Waals surface area contributed by atoms with E-state index in [9.17, 15) is 0 Å². The first-order valence-corrected chi connectivity index (χ1v) is 6.31. The van der Waals surface area contributed by atoms with Crippen LogP contribution in [0.1, 0.15) is 36.9 Å². The van der Waals surface area contributed by atoms with E-state index in [0.29, 0.717) is 0 Å². The number of hydrogen-bond donors (Lipinski definition) is 2. The summed E-state index contributed by atoms with van der Waals surface area (Å²) in [5.74, 6) is 1.02. The number of benzene rings is 1. The molecule has 2 atom stereocenters. The molecule has 0 spiro atoms. The number of para-hydroxylation sites is 1. The first-order valence-electron chi connectivity index (χ1n) is 6.31. The Hall–Kier alpha value is -1.06. The van der Waals surface area contributed by atoms with E-state index in [1.807, 2.05) is 6.92 Å². The molecular formula is C14H21NO2. The first-order chi connectivity index (χ1) is 8.22. The Kier molecular flexibility index (Phi) is 4.02. The molecule has 2 N–H and O–H groups in total. The SMILES string of the molecule is Cc1cccc2c1OCCCC2N[C@H](C)CO. The van der Waals surface area contributed by atoms with Gasteiger partial charge in [0.05, 0.1) is 13.2 Å². The zero-order valence-corrected chi connectivity index (χ0v) is 10.6. The Bertz CT molecular complexity index is 378. The average molecular weight is 235 g/mol. The lowest BCUT2D eigenvalue weighted by Gasteiger charge is -2.22. The number of aliphatic hydroxyl groups is 1. The summed E-state index contributed by atoms with van der Waals surface area (Å²) in [6.07, 6.45) is 2.10. The minimum atomic E-state index is 0.117. The fourth-order valence-corrected chi connectivity index (χ4v) is 2.33. The van der Waals surface area contributed by atoms with Crippen molar-refractivity contribution in [2.24, 2.45) is 0 Å². The van der Waals surface area contributed by atoms with Crippen LogP contribution in [0.4, 0.5) is 0 Å². The van der Waals surface area contributed by atoms with Crippen LogP contribution in [-0.4, -0.2) is 24.4 Å². The molecule has 1 aromatic carbocycles. The molecule has 0 aliphatic carbocycles. The third kappa shape index (κ3) is 2.79. The van der Waals surface area contributed by atoms with Crippen molar-refractivity contribution in [1.82, 2.24) is 5.32 Å². The van der Waals surface area contributed by atoms with Crippen molar-refractivity contribution in [3.8, 4) is 5.75 Å². The maximum absolute atomic E-state index is 9.14. The number of fused-ring (bicyclic) bond motifs is 1. The van der Waals surface area contributed by atoms with Crippen LogP contribution in [0.25, 0.3) is 0 Å². The quantitative estimate of drug-likeness (QED) is 0.843. The van der Waals surface area contributed by atoms with Gasteiger partial charge in [0.15, 0.2) is 0 Å². The van der Waals surface area contributed by atoms with Crippen LogP contribution in [0.3, 0.4) is 0 Å². The third-order valence-electron chi connectivity index (χ3n) is 3.26. The number of rotatable bonds is 3. The molecule has 0 saturated heterocycles. The molecule has 0 radical (unpaired) electrons. The van der Waals surface area contributed by atoms with E-state index in [1.165, 1.54) is 11.1 Å². The summed E-state index contributed by atoms with van der Waals surface area (Å²) >= 11 is 0. The first kappa shape index (κ1) is 12.4. The van der Waals surface area contributed by atoms with Crippen LogP contribution in [0.15, 0.2) is 18.2 Å². The predicted octanol–water partition coefficient (Wildman–Crippen LogP) is 2.18. The van der Waals surface area contributed by atoms with Gasteiger partial charge in [0.2, 0.25) is 0 Å². The lowest BCUT2D eigenvalue weighted by atomic mass is 9.99. The third-order valence-corrected chi connectivity index (χ3v) is 3.26. The standard InChI is InChI=1S/C14H21NO2/c1-10-5-3-6-12-13(15-11(2)9-16)7-4-8-17-14(10)12/h3,5-6,11,13,15-16H,4,7-9H2,1-2H3/t11-,13?/m1/s1. The van der Waals surface area contributed by atoms with E-state index in [2.05, 4.69) is 30.4 Å². The topological polar surface area (TPSA) is 41.5 Å². The molecule has 2 rings (SSSR count). The van der Waals surface area contributed by atoms with Gasteiger partial charge in [0, 0.05) is 17.6 Å². The molecule has 0 aromatic heterocycles. The van der Waals surface area contributed by atoms with Crippen LogP contribution in [-0.2, 0) is 0 Å². The van der Waals surface area contributed by atoms with E-state index in [4.69, 9.17) is 9.84 Å². The van der Waals surface area contributed by atoms with E-state index in [0.717, 1.165) is 25.2 Å². The molecule has 17 heavy (non-hydrogen) atoms. The average Bonchev–Trinajstić information content (AvgIpc) is 2.53. The second-order valence-corrected chi connectivity index (χ2v) is 4.79. The van der Waals surface area contributed by atoms with Gasteiger partial charge in [-0.25, -0.2) is 0 Å². The van der Waals surface area contributed by atoms with Gasteiger partial charge in [0.1, 0.15) is 5.75 Å². The van der Waals surface area contributed by atoms with Crippen molar-refractivity contribution in [2.45, 2.75) is 38.8 Å². The summed E-state index contributed by atoms with van der Waals surface area (Å²) in [5.41, 5.74) is 2.41. The van der Waals surface area contributed by atoms with Crippen molar-refractivity contribution in [2.75, 3.05) is 13.2 Å². The van der Waals surface area contributed by atoms with Gasteiger partial charge in [-0.3, -0.25) is 0 Å². The molecule has 1 aromatic rings. The number of aryl methyl sites for hydroxylation is 1. The largest absolute Gasteiger partial charge is 0.493 e. The summed E-state index contributed by atoms with van der Waals surface area (Å²) in [6.45, 7) is 5.03. The van der Waals surface area contributed by atoms with Gasteiger partial charge in [-0.05, 0) is 32.3 Å². The Morgan fingerprint density at radius 1 is 1.53 bits per heavy atom. The van der Waals surface area contributed by atoms with Crippen LogP contribution in [0.2, 0.25) is 0 Å². The molecule has 0 fully saturated rings. The van der Waals surface area contributed by atoms with Gasteiger partial charge in [-0.1, -0.05) is 18.2 Å². The van der Waals surface area contributed by atoms with E-state index in [1.54, 1.807) is 0 Å². The summed E-state index contributed by atoms with van der Waals surface area (Å²) < 4.78 is 5.82. The Labute approximate surface area is 103 Å². The molecule has 1 unspecified atom stereocenters. The highest BCUT2D eigenvalue weighted by molar-refractivity contribution is 5.43. The zero-order chi connectivity index (χ0) is 12.3. The van der Waals surface area contributed by atoms with Gasteiger partial charge in [0.25, 0.3) is 0 Å². The van der Waals surface area contributed by atoms with Gasteiger partial charge in [-0.15, -0.1) is 0 Å². The molecule has 1 heterocycles. The minimum Gasteiger partial charge on any atom is -0.493 e. The molecule has 1 aliphatic rings. The zero-order valence-electron chi connectivity index (χ0n) is 10.6. The molecule has 0 amide bonds. The lowest BCUT2D eigenvalue weighted by Crippen LogP contribution is -2.33. The summed E-state index contributed by atoms with van der Waals surface area (Å²) in [6, 6.07) is 6.67. The molecule has 1 aliphatic heterocycles. The predicted molar refractivity (Wildman–Crippen MR) is 68.3 cm³/mol. The highest BCUT2D eigenvalue weighted by Gasteiger charge is 2.21. The van der Waals surface area contributed by atoms with Gasteiger partial charge in [-0.2, -0.15) is 0 Å². The molecule has 0 saturated carbocycles. The van der Waals surface area contributed by atoms with Crippen LogP contribution in [0.5, 0.6) is 5.75 Å².